The van der Waals surface area contributed by atoms with E-state index in [0.29, 0.717) is 4.88 Å². The van der Waals surface area contributed by atoms with Gasteiger partial charge in [0.05, 0.1) is 12.8 Å². The summed E-state index contributed by atoms with van der Waals surface area (Å²) in [4.78, 5) is 22.4. The minimum atomic E-state index is -0.303. The lowest BCUT2D eigenvalue weighted by Crippen LogP contribution is -2.45. The monoisotopic (exact) mass is 308 g/mol. The van der Waals surface area contributed by atoms with Gasteiger partial charge in [-0.1, -0.05) is 18.3 Å². The summed E-state index contributed by atoms with van der Waals surface area (Å²) in [7, 11) is 1.40. The van der Waals surface area contributed by atoms with Crippen LogP contribution >= 0.6 is 11.3 Å². The van der Waals surface area contributed by atoms with Gasteiger partial charge in [0, 0.05) is 45.1 Å². The minimum absolute atomic E-state index is 0.303. The molecule has 114 valence electrons. The largest absolute Gasteiger partial charge is 0.465 e. The number of likely N-dealkylation sites (N-methyl/N-ethyl adjacent to an activating group) is 1. The molecule has 0 aromatic carbocycles. The first-order valence-corrected chi connectivity index (χ1v) is 8.01. The van der Waals surface area contributed by atoms with Gasteiger partial charge < -0.3 is 9.64 Å². The molecule has 0 aliphatic carbocycles. The smallest absolute Gasteiger partial charge is 0.349 e. The van der Waals surface area contributed by atoms with Gasteiger partial charge in [-0.2, -0.15) is 0 Å². The van der Waals surface area contributed by atoms with Crippen LogP contribution in [0.5, 0.6) is 0 Å². The molecule has 1 aliphatic heterocycles. The maximum absolute atomic E-state index is 11.5. The third-order valence-electron chi connectivity index (χ3n) is 3.89. The minimum Gasteiger partial charge on any atom is -0.465 e. The van der Waals surface area contributed by atoms with Crippen LogP contribution in [0.2, 0.25) is 0 Å². The van der Waals surface area contributed by atoms with E-state index in [2.05, 4.69) is 21.7 Å². The van der Waals surface area contributed by atoms with Crippen molar-refractivity contribution in [3.05, 3.63) is 23.0 Å². The fourth-order valence-electron chi connectivity index (χ4n) is 2.61. The first kappa shape index (κ1) is 14.5. The molecule has 6 nitrogen and oxygen atoms in total. The predicted octanol–water partition coefficient (Wildman–Crippen LogP) is 1.32. The zero-order valence-corrected chi connectivity index (χ0v) is 13.2. The maximum atomic E-state index is 11.5. The highest BCUT2D eigenvalue weighted by Gasteiger charge is 2.18. The van der Waals surface area contributed by atoms with Crippen molar-refractivity contribution in [3.8, 4) is 0 Å². The SMILES string of the molecule is CCN1CCN(Cc2cn3cc(C(=O)OC)sc3n2)CC1. The summed E-state index contributed by atoms with van der Waals surface area (Å²) in [5.41, 5.74) is 1.06. The molecule has 3 rings (SSSR count). The van der Waals surface area contributed by atoms with Crippen LogP contribution in [0.15, 0.2) is 12.4 Å². The lowest BCUT2D eigenvalue weighted by Gasteiger charge is -2.33. The number of piperazine rings is 1. The predicted molar refractivity (Wildman–Crippen MR) is 81.8 cm³/mol. The van der Waals surface area contributed by atoms with Crippen LogP contribution in [0, 0.1) is 0 Å². The van der Waals surface area contributed by atoms with Crippen LogP contribution in [-0.4, -0.2) is 65.0 Å². The van der Waals surface area contributed by atoms with E-state index >= 15 is 0 Å². The Morgan fingerprint density at radius 1 is 1.29 bits per heavy atom. The van der Waals surface area contributed by atoms with E-state index in [1.807, 2.05) is 10.6 Å². The summed E-state index contributed by atoms with van der Waals surface area (Å²) in [5, 5.41) is 0. The van der Waals surface area contributed by atoms with Crippen LogP contribution in [0.4, 0.5) is 0 Å². The number of carbonyl (C=O) groups is 1. The van der Waals surface area contributed by atoms with E-state index < -0.39 is 0 Å². The fourth-order valence-corrected chi connectivity index (χ4v) is 3.51. The number of methoxy groups -OCH3 is 1. The molecule has 0 N–H and O–H groups in total. The van der Waals surface area contributed by atoms with E-state index in [-0.39, 0.29) is 5.97 Å². The molecule has 0 unspecified atom stereocenters. The van der Waals surface area contributed by atoms with Crippen molar-refractivity contribution >= 4 is 22.3 Å². The average molecular weight is 308 g/mol. The fraction of sp³-hybridized carbons (Fsp3) is 0.571. The summed E-state index contributed by atoms with van der Waals surface area (Å²) in [6.07, 6.45) is 3.79. The molecule has 3 heterocycles. The van der Waals surface area contributed by atoms with Gasteiger partial charge in [0.1, 0.15) is 4.88 Å². The van der Waals surface area contributed by atoms with Crippen molar-refractivity contribution in [1.82, 2.24) is 19.2 Å². The van der Waals surface area contributed by atoms with E-state index in [1.54, 1.807) is 6.20 Å². The standard InChI is InChI=1S/C14H20N4O2S/c1-3-16-4-6-17(7-5-16)8-11-9-18-10-12(13(19)20-2)21-14(18)15-11/h9-10H,3-8H2,1-2H3. The van der Waals surface area contributed by atoms with Crippen molar-refractivity contribution in [2.75, 3.05) is 39.8 Å². The summed E-state index contributed by atoms with van der Waals surface area (Å²) >= 11 is 1.37. The van der Waals surface area contributed by atoms with Crippen LogP contribution in [-0.2, 0) is 11.3 Å². The molecule has 0 saturated carbocycles. The van der Waals surface area contributed by atoms with Gasteiger partial charge >= 0.3 is 5.97 Å². The molecular formula is C14H20N4O2S. The highest BCUT2D eigenvalue weighted by Crippen LogP contribution is 2.19. The lowest BCUT2D eigenvalue weighted by atomic mass is 10.3. The highest BCUT2D eigenvalue weighted by molar-refractivity contribution is 7.18. The summed E-state index contributed by atoms with van der Waals surface area (Å²) in [5.74, 6) is -0.303. The first-order valence-electron chi connectivity index (χ1n) is 7.20. The Hall–Kier alpha value is -1.44. The maximum Gasteiger partial charge on any atom is 0.349 e. The third-order valence-corrected chi connectivity index (χ3v) is 4.87. The van der Waals surface area contributed by atoms with E-state index in [0.717, 1.165) is 49.9 Å². The lowest BCUT2D eigenvalue weighted by molar-refractivity contribution is 0.0606. The zero-order chi connectivity index (χ0) is 14.8. The van der Waals surface area contributed by atoms with Gasteiger partial charge in [-0.25, -0.2) is 9.78 Å². The van der Waals surface area contributed by atoms with Crippen molar-refractivity contribution < 1.29 is 9.53 Å². The number of thiazole rings is 1. The molecule has 1 fully saturated rings. The molecule has 0 atom stereocenters. The number of hydrogen-bond acceptors (Lipinski definition) is 6. The number of esters is 1. The second-order valence-corrected chi connectivity index (χ2v) is 6.23. The molecular weight excluding hydrogens is 288 g/mol. The summed E-state index contributed by atoms with van der Waals surface area (Å²) < 4.78 is 6.64. The topological polar surface area (TPSA) is 50.1 Å². The van der Waals surface area contributed by atoms with E-state index in [9.17, 15) is 4.79 Å². The molecule has 0 spiro atoms. The number of fused-ring (bicyclic) bond motifs is 1. The Morgan fingerprint density at radius 2 is 2.00 bits per heavy atom. The van der Waals surface area contributed by atoms with Crippen molar-refractivity contribution in [3.63, 3.8) is 0 Å². The van der Waals surface area contributed by atoms with Crippen LogP contribution in [0.1, 0.15) is 22.3 Å². The van der Waals surface area contributed by atoms with Crippen LogP contribution < -0.4 is 0 Å². The number of ether oxygens (including phenoxy) is 1. The second kappa shape index (κ2) is 6.13. The zero-order valence-electron chi connectivity index (χ0n) is 12.4. The average Bonchev–Trinajstić information content (AvgIpc) is 3.05. The Morgan fingerprint density at radius 3 is 2.62 bits per heavy atom. The summed E-state index contributed by atoms with van der Waals surface area (Å²) in [6.45, 7) is 8.65. The van der Waals surface area contributed by atoms with Crippen LogP contribution in [0.3, 0.4) is 0 Å². The van der Waals surface area contributed by atoms with Gasteiger partial charge in [0.15, 0.2) is 4.96 Å². The molecule has 1 aliphatic rings. The van der Waals surface area contributed by atoms with Crippen LogP contribution in [0.25, 0.3) is 4.96 Å². The Bertz CT molecular complexity index is 596. The molecule has 0 amide bonds. The van der Waals surface area contributed by atoms with Crippen molar-refractivity contribution in [2.45, 2.75) is 13.5 Å². The highest BCUT2D eigenvalue weighted by atomic mass is 32.1. The van der Waals surface area contributed by atoms with Gasteiger partial charge in [0.2, 0.25) is 0 Å². The number of hydrogen-bond donors (Lipinski definition) is 0. The van der Waals surface area contributed by atoms with E-state index in [1.165, 1.54) is 18.4 Å². The molecule has 1 saturated heterocycles. The van der Waals surface area contributed by atoms with Gasteiger partial charge in [-0.15, -0.1) is 0 Å². The number of imidazole rings is 1. The number of aromatic nitrogens is 2. The Labute approximate surface area is 127 Å². The van der Waals surface area contributed by atoms with Crippen molar-refractivity contribution in [2.24, 2.45) is 0 Å². The molecule has 2 aromatic rings. The Kier molecular flexibility index (Phi) is 4.23. The summed E-state index contributed by atoms with van der Waals surface area (Å²) in [6, 6.07) is 0. The number of carbonyl (C=O) groups excluding carboxylic acids is 1. The first-order chi connectivity index (χ1) is 10.2. The van der Waals surface area contributed by atoms with E-state index in [4.69, 9.17) is 4.74 Å². The quantitative estimate of drug-likeness (QED) is 0.797. The second-order valence-electron chi connectivity index (χ2n) is 5.22. The van der Waals surface area contributed by atoms with Crippen molar-refractivity contribution in [1.29, 1.82) is 0 Å². The third kappa shape index (κ3) is 3.09. The molecule has 21 heavy (non-hydrogen) atoms. The van der Waals surface area contributed by atoms with Gasteiger partial charge in [-0.3, -0.25) is 9.30 Å². The molecule has 2 aromatic heterocycles. The number of nitrogens with zero attached hydrogens (tertiary/aromatic N) is 4. The molecule has 7 heteroatoms. The number of rotatable bonds is 4. The molecule has 0 bridgehead atoms. The molecule has 0 radical (unpaired) electrons. The van der Waals surface area contributed by atoms with Gasteiger partial charge in [0.25, 0.3) is 0 Å². The normalized spacial score (nSPS) is 17.4. The Balaban J connectivity index is 1.65. The van der Waals surface area contributed by atoms with Gasteiger partial charge in [-0.05, 0) is 6.54 Å².